The molecule has 0 radical (unpaired) electrons. The molecule has 0 bridgehead atoms. The van der Waals surface area contributed by atoms with Crippen molar-refractivity contribution >= 4 is 0 Å². The molecule has 0 N–H and O–H groups in total. The molecule has 0 amide bonds. The van der Waals surface area contributed by atoms with Gasteiger partial charge >= 0.3 is 0 Å². The number of hydrogen-bond donors (Lipinski definition) is 0. The van der Waals surface area contributed by atoms with Crippen molar-refractivity contribution < 1.29 is 9.78 Å². The Kier molecular flexibility index (Phi) is 7.01. The number of benzene rings is 1. The maximum Gasteiger partial charge on any atom is 0.0952 e. The zero-order valence-corrected chi connectivity index (χ0v) is 10.4. The third-order valence-electron chi connectivity index (χ3n) is 1.16. The van der Waals surface area contributed by atoms with E-state index in [1.165, 1.54) is 0 Å². The Morgan fingerprint density at radius 2 is 1.13 bits per heavy atom. The van der Waals surface area contributed by atoms with Gasteiger partial charge in [0.2, 0.25) is 0 Å². The van der Waals surface area contributed by atoms with E-state index in [-0.39, 0.29) is 11.7 Å². The summed E-state index contributed by atoms with van der Waals surface area (Å²) in [6.45, 7) is 9.73. The fraction of sp³-hybridized carbons (Fsp3) is 0.538. The summed E-state index contributed by atoms with van der Waals surface area (Å²) in [5, 5.41) is 0. The van der Waals surface area contributed by atoms with Gasteiger partial charge in [0.15, 0.2) is 0 Å². The minimum atomic E-state index is -0.190. The number of rotatable bonds is 2. The lowest BCUT2D eigenvalue weighted by atomic mass is 10.2. The molecular weight excluding hydrogens is 188 g/mol. The molecule has 0 atom stereocenters. The van der Waals surface area contributed by atoms with E-state index in [2.05, 4.69) is 0 Å². The van der Waals surface area contributed by atoms with Crippen molar-refractivity contribution in [2.45, 2.75) is 46.3 Å². The molecule has 15 heavy (non-hydrogen) atoms. The Hall–Kier alpha value is -0.860. The van der Waals surface area contributed by atoms with Crippen molar-refractivity contribution in [2.24, 2.45) is 0 Å². The van der Waals surface area contributed by atoms with Gasteiger partial charge in [-0.15, -0.1) is 0 Å². The van der Waals surface area contributed by atoms with Gasteiger partial charge in [-0.2, -0.15) is 0 Å². The maximum atomic E-state index is 4.99. The molecule has 1 rings (SSSR count). The first-order valence-corrected chi connectivity index (χ1v) is 5.26. The minimum Gasteiger partial charge on any atom is -0.233 e. The van der Waals surface area contributed by atoms with E-state index >= 15 is 0 Å². The van der Waals surface area contributed by atoms with Crippen molar-refractivity contribution in [3.8, 4) is 0 Å². The molecule has 86 valence electrons. The summed E-state index contributed by atoms with van der Waals surface area (Å²) >= 11 is 0. The van der Waals surface area contributed by atoms with Crippen LogP contribution in [0.5, 0.6) is 0 Å². The van der Waals surface area contributed by atoms with E-state index in [9.17, 15) is 0 Å². The molecule has 0 heterocycles. The first kappa shape index (κ1) is 14.1. The quantitative estimate of drug-likeness (QED) is 0.545. The molecule has 1 aromatic carbocycles. The normalized spacial score (nSPS) is 10.8. The second-order valence-corrected chi connectivity index (χ2v) is 4.50. The Labute approximate surface area is 93.1 Å². The lowest BCUT2D eigenvalue weighted by Gasteiger charge is -2.18. The van der Waals surface area contributed by atoms with E-state index in [0.29, 0.717) is 0 Å². The van der Waals surface area contributed by atoms with Gasteiger partial charge in [-0.05, 0) is 34.6 Å². The standard InChI is InChI=1S/C7H16O2.C6H6/c1-6(2)8-9-7(3,4)5;1-2-4-6-5-3-1/h6H,1-5H3;1-6H. The van der Waals surface area contributed by atoms with Crippen LogP contribution in [0.15, 0.2) is 36.4 Å². The van der Waals surface area contributed by atoms with Crippen LogP contribution < -0.4 is 0 Å². The van der Waals surface area contributed by atoms with Crippen LogP contribution in [-0.2, 0) is 9.78 Å². The summed E-state index contributed by atoms with van der Waals surface area (Å²) in [5.41, 5.74) is -0.190. The smallest absolute Gasteiger partial charge is 0.0952 e. The first-order valence-electron chi connectivity index (χ1n) is 5.26. The van der Waals surface area contributed by atoms with E-state index in [1.807, 2.05) is 71.0 Å². The summed E-state index contributed by atoms with van der Waals surface area (Å²) in [7, 11) is 0. The molecule has 0 saturated heterocycles. The molecule has 0 aliphatic carbocycles. The highest BCUT2D eigenvalue weighted by atomic mass is 17.2. The molecule has 0 unspecified atom stereocenters. The largest absolute Gasteiger partial charge is 0.233 e. The van der Waals surface area contributed by atoms with Gasteiger partial charge in [-0.3, -0.25) is 0 Å². The van der Waals surface area contributed by atoms with Gasteiger partial charge in [-0.25, -0.2) is 9.78 Å². The molecule has 0 aliphatic rings. The van der Waals surface area contributed by atoms with Gasteiger partial charge in [0.05, 0.1) is 11.7 Å². The molecule has 0 aromatic heterocycles. The second-order valence-electron chi connectivity index (χ2n) is 4.50. The van der Waals surface area contributed by atoms with Crippen LogP contribution in [0.2, 0.25) is 0 Å². The van der Waals surface area contributed by atoms with Crippen molar-refractivity contribution in [1.29, 1.82) is 0 Å². The Morgan fingerprint density at radius 3 is 1.27 bits per heavy atom. The fourth-order valence-corrected chi connectivity index (χ4v) is 0.625. The van der Waals surface area contributed by atoms with Gasteiger partial charge in [0.25, 0.3) is 0 Å². The Morgan fingerprint density at radius 1 is 0.800 bits per heavy atom. The van der Waals surface area contributed by atoms with Gasteiger partial charge in [0, 0.05) is 0 Å². The van der Waals surface area contributed by atoms with Crippen molar-refractivity contribution in [3.05, 3.63) is 36.4 Å². The van der Waals surface area contributed by atoms with E-state index < -0.39 is 0 Å². The summed E-state index contributed by atoms with van der Waals surface area (Å²) < 4.78 is 0. The monoisotopic (exact) mass is 210 g/mol. The molecule has 0 fully saturated rings. The zero-order valence-electron chi connectivity index (χ0n) is 10.4. The highest BCUT2D eigenvalue weighted by molar-refractivity contribution is 4.99. The maximum absolute atomic E-state index is 4.99. The molecule has 1 aromatic rings. The SMILES string of the molecule is CC(C)OOC(C)(C)C.c1ccccc1. The topological polar surface area (TPSA) is 18.5 Å². The van der Waals surface area contributed by atoms with Crippen LogP contribution in [0.4, 0.5) is 0 Å². The summed E-state index contributed by atoms with van der Waals surface area (Å²) in [6.07, 6.45) is 0.143. The van der Waals surface area contributed by atoms with E-state index in [4.69, 9.17) is 9.78 Å². The lowest BCUT2D eigenvalue weighted by molar-refractivity contribution is -0.367. The molecule has 2 heteroatoms. The van der Waals surface area contributed by atoms with Crippen molar-refractivity contribution in [3.63, 3.8) is 0 Å². The van der Waals surface area contributed by atoms with Crippen LogP contribution in [0.3, 0.4) is 0 Å². The predicted molar refractivity (Wildman–Crippen MR) is 63.5 cm³/mol. The Bertz CT molecular complexity index is 197. The molecule has 0 spiro atoms. The predicted octanol–water partition coefficient (Wildman–Crippen LogP) is 3.83. The molecular formula is C13H22O2. The third kappa shape index (κ3) is 13.1. The van der Waals surface area contributed by atoms with Crippen LogP contribution in [0.25, 0.3) is 0 Å². The van der Waals surface area contributed by atoms with Gasteiger partial charge in [0.1, 0.15) is 0 Å². The summed E-state index contributed by atoms with van der Waals surface area (Å²) in [5.74, 6) is 0. The number of hydrogen-bond acceptors (Lipinski definition) is 2. The fourth-order valence-electron chi connectivity index (χ4n) is 0.625. The second kappa shape index (κ2) is 7.43. The summed E-state index contributed by atoms with van der Waals surface area (Å²) in [6, 6.07) is 12.0. The highest BCUT2D eigenvalue weighted by Crippen LogP contribution is 2.08. The molecule has 0 saturated carbocycles. The highest BCUT2D eigenvalue weighted by Gasteiger charge is 2.11. The Balaban J connectivity index is 0.000000280. The minimum absolute atomic E-state index is 0.143. The molecule has 0 aliphatic heterocycles. The van der Waals surface area contributed by atoms with Crippen LogP contribution in [0.1, 0.15) is 34.6 Å². The van der Waals surface area contributed by atoms with E-state index in [0.717, 1.165) is 0 Å². The first-order chi connectivity index (χ1) is 6.92. The lowest BCUT2D eigenvalue weighted by Crippen LogP contribution is -2.21. The van der Waals surface area contributed by atoms with Crippen LogP contribution in [-0.4, -0.2) is 11.7 Å². The average molecular weight is 210 g/mol. The van der Waals surface area contributed by atoms with Gasteiger partial charge in [-0.1, -0.05) is 36.4 Å². The van der Waals surface area contributed by atoms with Crippen LogP contribution >= 0.6 is 0 Å². The zero-order chi connectivity index (χ0) is 11.7. The van der Waals surface area contributed by atoms with E-state index in [1.54, 1.807) is 0 Å². The molecule has 2 nitrogen and oxygen atoms in total. The average Bonchev–Trinajstić information content (AvgIpc) is 2.18. The van der Waals surface area contributed by atoms with Crippen molar-refractivity contribution in [1.82, 2.24) is 0 Å². The third-order valence-corrected chi connectivity index (χ3v) is 1.16. The van der Waals surface area contributed by atoms with Gasteiger partial charge < -0.3 is 0 Å². The van der Waals surface area contributed by atoms with Crippen LogP contribution in [0, 0.1) is 0 Å². The van der Waals surface area contributed by atoms with Crippen molar-refractivity contribution in [2.75, 3.05) is 0 Å². The summed E-state index contributed by atoms with van der Waals surface area (Å²) in [4.78, 5) is 9.90.